The molecule has 2 aromatic heterocycles. The van der Waals surface area contributed by atoms with Crippen molar-refractivity contribution >= 4 is 34.7 Å². The first-order valence-electron chi connectivity index (χ1n) is 12.5. The third kappa shape index (κ3) is 5.01. The minimum Gasteiger partial charge on any atom is -0.486 e. The number of aromatic nitrogens is 3. The van der Waals surface area contributed by atoms with Crippen LogP contribution in [0, 0.1) is 0 Å². The van der Waals surface area contributed by atoms with Crippen LogP contribution in [-0.2, 0) is 6.54 Å². The molecule has 37 heavy (non-hydrogen) atoms. The van der Waals surface area contributed by atoms with Crippen molar-refractivity contribution in [2.45, 2.75) is 6.54 Å². The monoisotopic (exact) mass is 498 g/mol. The standard InChI is InChI=1S/C27H30N8O2/c1-33-8-10-34(11-9-33)27-30-25(28)15-26(31-27)32-29-16-20-18-35(22-5-3-2-4-21(20)22)17-19-6-7-23-24(14-19)37-13-12-36-23/h2-7,14-16,18H,8-13,17H2,1H3,(H3,28,30,31,32)/b29-16+. The summed E-state index contributed by atoms with van der Waals surface area (Å²) in [5.74, 6) is 3.20. The van der Waals surface area contributed by atoms with Gasteiger partial charge in [-0.15, -0.1) is 0 Å². The van der Waals surface area contributed by atoms with Crippen LogP contribution in [0.25, 0.3) is 10.9 Å². The maximum Gasteiger partial charge on any atom is 0.229 e. The van der Waals surface area contributed by atoms with E-state index in [4.69, 9.17) is 15.2 Å². The molecule has 0 radical (unpaired) electrons. The molecule has 1 fully saturated rings. The van der Waals surface area contributed by atoms with Gasteiger partial charge in [-0.2, -0.15) is 15.1 Å². The lowest BCUT2D eigenvalue weighted by Gasteiger charge is -2.32. The van der Waals surface area contributed by atoms with E-state index in [1.807, 2.05) is 24.4 Å². The van der Waals surface area contributed by atoms with Crippen LogP contribution in [0.1, 0.15) is 11.1 Å². The number of ether oxygens (including phenoxy) is 2. The molecule has 2 aliphatic heterocycles. The second-order valence-corrected chi connectivity index (χ2v) is 9.35. The van der Waals surface area contributed by atoms with E-state index in [1.54, 1.807) is 6.07 Å². The van der Waals surface area contributed by atoms with Gasteiger partial charge >= 0.3 is 0 Å². The summed E-state index contributed by atoms with van der Waals surface area (Å²) in [6.07, 6.45) is 3.92. The molecule has 0 aliphatic carbocycles. The number of nitrogens with zero attached hydrogens (tertiary/aromatic N) is 6. The molecule has 190 valence electrons. The molecule has 0 amide bonds. The smallest absolute Gasteiger partial charge is 0.229 e. The zero-order chi connectivity index (χ0) is 25.2. The Morgan fingerprint density at radius 1 is 1.00 bits per heavy atom. The summed E-state index contributed by atoms with van der Waals surface area (Å²) >= 11 is 0. The van der Waals surface area contributed by atoms with Crippen LogP contribution in [0.3, 0.4) is 0 Å². The molecule has 0 saturated carbocycles. The fraction of sp³-hybridized carbons (Fsp3) is 0.296. The van der Waals surface area contributed by atoms with Crippen molar-refractivity contribution in [1.29, 1.82) is 0 Å². The molecule has 4 aromatic rings. The molecule has 10 heteroatoms. The van der Waals surface area contributed by atoms with Gasteiger partial charge in [-0.1, -0.05) is 24.3 Å². The van der Waals surface area contributed by atoms with Crippen molar-refractivity contribution in [3.63, 3.8) is 0 Å². The summed E-state index contributed by atoms with van der Waals surface area (Å²) < 4.78 is 13.6. The van der Waals surface area contributed by atoms with Gasteiger partial charge in [0.25, 0.3) is 0 Å². The minimum atomic E-state index is 0.414. The molecule has 1 saturated heterocycles. The van der Waals surface area contributed by atoms with E-state index in [1.165, 1.54) is 0 Å². The van der Waals surface area contributed by atoms with E-state index in [9.17, 15) is 0 Å². The van der Waals surface area contributed by atoms with E-state index in [2.05, 4.69) is 72.4 Å². The summed E-state index contributed by atoms with van der Waals surface area (Å²) in [5, 5.41) is 5.60. The van der Waals surface area contributed by atoms with Crippen molar-refractivity contribution in [2.24, 2.45) is 5.10 Å². The van der Waals surface area contributed by atoms with Gasteiger partial charge in [0.1, 0.15) is 19.0 Å². The fourth-order valence-electron chi connectivity index (χ4n) is 4.72. The van der Waals surface area contributed by atoms with Crippen molar-refractivity contribution in [3.8, 4) is 11.5 Å². The summed E-state index contributed by atoms with van der Waals surface area (Å²) in [5.41, 5.74) is 12.4. The summed E-state index contributed by atoms with van der Waals surface area (Å²) in [7, 11) is 2.12. The number of hydrogen-bond acceptors (Lipinski definition) is 9. The fourth-order valence-corrected chi connectivity index (χ4v) is 4.72. The van der Waals surface area contributed by atoms with E-state index in [0.29, 0.717) is 37.3 Å². The van der Waals surface area contributed by atoms with E-state index >= 15 is 0 Å². The van der Waals surface area contributed by atoms with Gasteiger partial charge in [0.15, 0.2) is 17.3 Å². The Labute approximate surface area is 215 Å². The predicted molar refractivity (Wildman–Crippen MR) is 146 cm³/mol. The first kappa shape index (κ1) is 23.1. The van der Waals surface area contributed by atoms with Crippen LogP contribution in [-0.4, -0.2) is 72.1 Å². The molecule has 4 heterocycles. The third-order valence-electron chi connectivity index (χ3n) is 6.68. The number of para-hydroxylation sites is 1. The quantitative estimate of drug-likeness (QED) is 0.309. The third-order valence-corrected chi connectivity index (χ3v) is 6.68. The molecule has 2 aliphatic rings. The van der Waals surface area contributed by atoms with Crippen LogP contribution < -0.4 is 25.5 Å². The SMILES string of the molecule is CN1CCN(c2nc(N)cc(N/N=C/c3cn(Cc4ccc5c(c4)OCCO5)c4ccccc34)n2)CC1. The number of nitrogen functional groups attached to an aromatic ring is 1. The van der Waals surface area contributed by atoms with Crippen molar-refractivity contribution < 1.29 is 9.47 Å². The average Bonchev–Trinajstić information content (AvgIpc) is 3.26. The lowest BCUT2D eigenvalue weighted by atomic mass is 10.2. The Kier molecular flexibility index (Phi) is 6.23. The Bertz CT molecular complexity index is 1440. The maximum atomic E-state index is 6.07. The normalized spacial score (nSPS) is 16.0. The first-order valence-corrected chi connectivity index (χ1v) is 12.5. The largest absolute Gasteiger partial charge is 0.486 e. The number of nitrogens with one attached hydrogen (secondary N) is 1. The molecular weight excluding hydrogens is 468 g/mol. The average molecular weight is 499 g/mol. The minimum absolute atomic E-state index is 0.414. The number of fused-ring (bicyclic) bond motifs is 2. The molecule has 6 rings (SSSR count). The second kappa shape index (κ2) is 9.98. The zero-order valence-corrected chi connectivity index (χ0v) is 20.8. The van der Waals surface area contributed by atoms with Gasteiger partial charge in [0.2, 0.25) is 5.95 Å². The number of anilines is 3. The van der Waals surface area contributed by atoms with Gasteiger partial charge < -0.3 is 29.6 Å². The maximum absolute atomic E-state index is 6.07. The summed E-state index contributed by atoms with van der Waals surface area (Å²) in [4.78, 5) is 13.5. The second-order valence-electron chi connectivity index (χ2n) is 9.35. The summed E-state index contributed by atoms with van der Waals surface area (Å²) in [6, 6.07) is 16.1. The molecule has 0 bridgehead atoms. The Hall–Kier alpha value is -4.31. The highest BCUT2D eigenvalue weighted by molar-refractivity contribution is 5.99. The lowest BCUT2D eigenvalue weighted by molar-refractivity contribution is 0.171. The Morgan fingerprint density at radius 3 is 2.68 bits per heavy atom. The van der Waals surface area contributed by atoms with Crippen molar-refractivity contribution in [1.82, 2.24) is 19.4 Å². The number of nitrogens with two attached hydrogens (primary N) is 1. The van der Waals surface area contributed by atoms with Crippen LogP contribution in [0.15, 0.2) is 59.8 Å². The number of piperazine rings is 1. The summed E-state index contributed by atoms with van der Waals surface area (Å²) in [6.45, 7) is 5.53. The van der Waals surface area contributed by atoms with E-state index in [0.717, 1.165) is 59.7 Å². The van der Waals surface area contributed by atoms with E-state index in [-0.39, 0.29) is 0 Å². The van der Waals surface area contributed by atoms with Gasteiger partial charge in [-0.3, -0.25) is 5.43 Å². The van der Waals surface area contributed by atoms with Crippen LogP contribution >= 0.6 is 0 Å². The van der Waals surface area contributed by atoms with Crippen molar-refractivity contribution in [2.75, 3.05) is 62.5 Å². The molecule has 3 N–H and O–H groups in total. The molecule has 10 nitrogen and oxygen atoms in total. The molecule has 2 aromatic carbocycles. The predicted octanol–water partition coefficient (Wildman–Crippen LogP) is 3.03. The van der Waals surface area contributed by atoms with Crippen LogP contribution in [0.2, 0.25) is 0 Å². The molecule has 0 atom stereocenters. The number of rotatable bonds is 6. The van der Waals surface area contributed by atoms with Gasteiger partial charge in [0, 0.05) is 61.5 Å². The lowest BCUT2D eigenvalue weighted by Crippen LogP contribution is -2.45. The van der Waals surface area contributed by atoms with Crippen molar-refractivity contribution in [3.05, 3.63) is 65.9 Å². The van der Waals surface area contributed by atoms with E-state index < -0.39 is 0 Å². The number of benzene rings is 2. The first-order chi connectivity index (χ1) is 18.1. The van der Waals surface area contributed by atoms with Gasteiger partial charge in [0.05, 0.1) is 6.21 Å². The van der Waals surface area contributed by atoms with Crippen LogP contribution in [0.4, 0.5) is 17.6 Å². The highest BCUT2D eigenvalue weighted by Gasteiger charge is 2.18. The molecule has 0 spiro atoms. The number of likely N-dealkylation sites (N-methyl/N-ethyl adjacent to an activating group) is 1. The highest BCUT2D eigenvalue weighted by atomic mass is 16.6. The molecular formula is C27H30N8O2. The Balaban J connectivity index is 1.21. The number of hydrogen-bond donors (Lipinski definition) is 2. The van der Waals surface area contributed by atoms with Gasteiger partial charge in [-0.05, 0) is 30.8 Å². The highest BCUT2D eigenvalue weighted by Crippen LogP contribution is 2.31. The topological polar surface area (TPSA) is 106 Å². The zero-order valence-electron chi connectivity index (χ0n) is 20.8. The number of hydrazone groups is 1. The Morgan fingerprint density at radius 2 is 1.81 bits per heavy atom. The molecule has 0 unspecified atom stereocenters. The van der Waals surface area contributed by atoms with Crippen LogP contribution in [0.5, 0.6) is 11.5 Å². The van der Waals surface area contributed by atoms with Gasteiger partial charge in [-0.25, -0.2) is 0 Å².